The van der Waals surface area contributed by atoms with Gasteiger partial charge in [0.05, 0.1) is 32.5 Å². The lowest BCUT2D eigenvalue weighted by Gasteiger charge is -2.30. The summed E-state index contributed by atoms with van der Waals surface area (Å²) in [4.78, 5) is 39.8. The maximum atomic E-state index is 13.4. The second kappa shape index (κ2) is 14.7. The van der Waals surface area contributed by atoms with Crippen LogP contribution in [-0.4, -0.2) is 79.1 Å². The second-order valence-electron chi connectivity index (χ2n) is 9.67. The Morgan fingerprint density at radius 2 is 1.76 bits per heavy atom. The smallest absolute Gasteiger partial charge is 0.417 e. The maximum Gasteiger partial charge on any atom is 0.417 e. The number of imide groups is 1. The van der Waals surface area contributed by atoms with E-state index in [-0.39, 0.29) is 13.2 Å². The molecule has 41 heavy (non-hydrogen) atoms. The van der Waals surface area contributed by atoms with Gasteiger partial charge in [0.1, 0.15) is 18.0 Å². The predicted molar refractivity (Wildman–Crippen MR) is 147 cm³/mol. The highest BCUT2D eigenvalue weighted by Gasteiger charge is 2.48. The quantitative estimate of drug-likeness (QED) is 0.364. The van der Waals surface area contributed by atoms with Crippen LogP contribution in [0, 0.1) is 0 Å². The number of hydrogen-bond acceptors (Lipinski definition) is 9. The first kappa shape index (κ1) is 30.1. The first-order valence-electron chi connectivity index (χ1n) is 13.5. The zero-order chi connectivity index (χ0) is 29.2. The van der Waals surface area contributed by atoms with Crippen LogP contribution in [0.4, 0.5) is 4.79 Å². The van der Waals surface area contributed by atoms with Crippen LogP contribution in [0.2, 0.25) is 0 Å². The van der Waals surface area contributed by atoms with Crippen molar-refractivity contribution >= 4 is 17.8 Å². The number of allylic oxidation sites excluding steroid dienone is 1. The highest BCUT2D eigenvalue weighted by atomic mass is 16.6. The van der Waals surface area contributed by atoms with Crippen molar-refractivity contribution in [2.45, 2.75) is 50.4 Å². The van der Waals surface area contributed by atoms with Gasteiger partial charge in [-0.15, -0.1) is 0 Å². The second-order valence-corrected chi connectivity index (χ2v) is 9.67. The molecule has 0 unspecified atom stereocenters. The van der Waals surface area contributed by atoms with Gasteiger partial charge in [-0.2, -0.15) is 0 Å². The van der Waals surface area contributed by atoms with Crippen LogP contribution in [0.15, 0.2) is 84.7 Å². The minimum Gasteiger partial charge on any atom is -0.479 e. The minimum absolute atomic E-state index is 0.175. The largest absolute Gasteiger partial charge is 0.479 e. The number of ether oxygens (including phenoxy) is 5. The molecule has 2 aliphatic rings. The van der Waals surface area contributed by atoms with E-state index in [1.807, 2.05) is 60.7 Å². The van der Waals surface area contributed by atoms with Crippen LogP contribution in [0.25, 0.3) is 0 Å². The molecule has 0 aliphatic carbocycles. The van der Waals surface area contributed by atoms with Crippen molar-refractivity contribution in [1.82, 2.24) is 4.90 Å². The molecule has 0 radical (unpaired) electrons. The van der Waals surface area contributed by atoms with Crippen LogP contribution in [0.3, 0.4) is 0 Å². The van der Waals surface area contributed by atoms with Crippen molar-refractivity contribution in [1.29, 1.82) is 0 Å². The van der Waals surface area contributed by atoms with Gasteiger partial charge in [0, 0.05) is 7.11 Å². The summed E-state index contributed by atoms with van der Waals surface area (Å²) in [6.45, 7) is 2.42. The summed E-state index contributed by atoms with van der Waals surface area (Å²) < 4.78 is 28.1. The Morgan fingerprint density at radius 3 is 2.44 bits per heavy atom. The highest BCUT2D eigenvalue weighted by molar-refractivity contribution is 6.03. The van der Waals surface area contributed by atoms with Crippen LogP contribution >= 0.6 is 0 Å². The Kier molecular flexibility index (Phi) is 10.8. The molecular weight excluding hydrogens is 530 g/mol. The summed E-state index contributed by atoms with van der Waals surface area (Å²) in [7, 11) is 1.28. The molecule has 1 N–H and O–H groups in total. The molecule has 0 spiro atoms. The van der Waals surface area contributed by atoms with Gasteiger partial charge < -0.3 is 28.8 Å². The van der Waals surface area contributed by atoms with Crippen molar-refractivity contribution in [3.63, 3.8) is 0 Å². The third kappa shape index (κ3) is 7.68. The predicted octanol–water partition coefficient (Wildman–Crippen LogP) is 3.50. The number of amides is 2. The number of aliphatic hydroxyl groups is 1. The monoisotopic (exact) mass is 565 g/mol. The number of cyclic esters (lactones) is 1. The number of carbonyl (C=O) groups is 3. The van der Waals surface area contributed by atoms with E-state index in [9.17, 15) is 19.5 Å². The molecule has 2 amide bonds. The lowest BCUT2D eigenvalue weighted by Crippen LogP contribution is -2.52. The molecule has 5 atom stereocenters. The summed E-state index contributed by atoms with van der Waals surface area (Å²) >= 11 is 0. The van der Waals surface area contributed by atoms with Gasteiger partial charge in [-0.05, 0) is 42.7 Å². The lowest BCUT2D eigenvalue weighted by molar-refractivity contribution is -0.153. The summed E-state index contributed by atoms with van der Waals surface area (Å²) in [5.41, 5.74) is 1.76. The molecule has 10 nitrogen and oxygen atoms in total. The van der Waals surface area contributed by atoms with Crippen LogP contribution in [-0.2, 0) is 39.9 Å². The minimum atomic E-state index is -1.36. The van der Waals surface area contributed by atoms with E-state index in [1.54, 1.807) is 13.0 Å². The summed E-state index contributed by atoms with van der Waals surface area (Å²) in [6.07, 6.45) is 0.448. The van der Waals surface area contributed by atoms with E-state index in [1.165, 1.54) is 19.3 Å². The van der Waals surface area contributed by atoms with E-state index in [2.05, 4.69) is 0 Å². The fraction of sp³-hybridized carbons (Fsp3) is 0.387. The Hall–Kier alpha value is -3.83. The molecule has 0 bridgehead atoms. The zero-order valence-corrected chi connectivity index (χ0v) is 23.1. The Labute approximate surface area is 239 Å². The molecule has 2 heterocycles. The molecule has 0 aromatic heterocycles. The standard InChI is InChI=1S/C31H35NO9/c1-21-27(23-12-7-4-8-13-23)41-31(36)32(21)30(35)29(37-2)28-26(34)16-15-24(40-28)14-9-17-38-20-25(18-33)39-19-22-10-5-3-6-11-22/h3-8,10-16,21,25,27-29,33H,9,17-20H2,1-2H3/t21-,25-,27-,28-,29-/m1/s1. The molecule has 1 saturated heterocycles. The molecule has 2 aromatic carbocycles. The number of rotatable bonds is 13. The number of aliphatic hydroxyl groups excluding tert-OH is 1. The summed E-state index contributed by atoms with van der Waals surface area (Å²) in [5, 5.41) is 9.57. The Balaban J connectivity index is 1.30. The number of ketones is 1. The van der Waals surface area contributed by atoms with Crippen molar-refractivity contribution < 1.29 is 43.2 Å². The Morgan fingerprint density at radius 1 is 1.05 bits per heavy atom. The lowest BCUT2D eigenvalue weighted by atomic mass is 10.0. The van der Waals surface area contributed by atoms with Gasteiger partial charge in [0.25, 0.3) is 5.91 Å². The molecule has 0 saturated carbocycles. The normalized spacial score (nSPS) is 22.9. The third-order valence-electron chi connectivity index (χ3n) is 6.81. The van der Waals surface area contributed by atoms with E-state index in [4.69, 9.17) is 23.7 Å². The SMILES string of the molecule is CO[C@@H](C(=O)N1C(=O)O[C@@H](c2ccccc2)[C@H]1C)[C@@H]1OC(=CCCOC[C@@H](CO)OCc2ccccc2)C=CC1=O. The number of hydrogen-bond donors (Lipinski definition) is 1. The highest BCUT2D eigenvalue weighted by Crippen LogP contribution is 2.33. The summed E-state index contributed by atoms with van der Waals surface area (Å²) in [5.74, 6) is -0.809. The summed E-state index contributed by atoms with van der Waals surface area (Å²) in [6, 6.07) is 18.2. The molecular formula is C31H35NO9. The third-order valence-corrected chi connectivity index (χ3v) is 6.81. The van der Waals surface area contributed by atoms with Gasteiger partial charge in [-0.3, -0.25) is 9.59 Å². The van der Waals surface area contributed by atoms with Gasteiger partial charge >= 0.3 is 6.09 Å². The number of nitrogens with zero attached hydrogens (tertiary/aromatic N) is 1. The maximum absolute atomic E-state index is 13.4. The van der Waals surface area contributed by atoms with E-state index in [0.717, 1.165) is 16.0 Å². The van der Waals surface area contributed by atoms with Crippen molar-refractivity contribution in [3.05, 3.63) is 95.8 Å². The Bertz CT molecular complexity index is 1230. The number of methoxy groups -OCH3 is 1. The molecule has 4 rings (SSSR count). The fourth-order valence-corrected chi connectivity index (χ4v) is 4.61. The van der Waals surface area contributed by atoms with E-state index < -0.39 is 48.2 Å². The van der Waals surface area contributed by atoms with Gasteiger partial charge in [-0.25, -0.2) is 9.69 Å². The van der Waals surface area contributed by atoms with E-state index in [0.29, 0.717) is 25.4 Å². The molecule has 218 valence electrons. The molecule has 10 heteroatoms. The average Bonchev–Trinajstić information content (AvgIpc) is 3.30. The van der Waals surface area contributed by atoms with E-state index >= 15 is 0 Å². The van der Waals surface area contributed by atoms with Crippen LogP contribution < -0.4 is 0 Å². The van der Waals surface area contributed by atoms with Crippen molar-refractivity contribution in [3.8, 4) is 0 Å². The topological polar surface area (TPSA) is 121 Å². The average molecular weight is 566 g/mol. The van der Waals surface area contributed by atoms with Crippen LogP contribution in [0.5, 0.6) is 0 Å². The number of carbonyl (C=O) groups excluding carboxylic acids is 3. The van der Waals surface area contributed by atoms with Crippen molar-refractivity contribution in [2.24, 2.45) is 0 Å². The van der Waals surface area contributed by atoms with Crippen molar-refractivity contribution in [2.75, 3.05) is 26.9 Å². The van der Waals surface area contributed by atoms with Gasteiger partial charge in [-0.1, -0.05) is 60.7 Å². The van der Waals surface area contributed by atoms with Gasteiger partial charge in [0.2, 0.25) is 0 Å². The molecule has 2 aromatic rings. The zero-order valence-electron chi connectivity index (χ0n) is 23.1. The number of benzene rings is 2. The fourth-order valence-electron chi connectivity index (χ4n) is 4.61. The first-order chi connectivity index (χ1) is 19.9. The van der Waals surface area contributed by atoms with Gasteiger partial charge in [0.15, 0.2) is 18.0 Å². The molecule has 1 fully saturated rings. The van der Waals surface area contributed by atoms with Crippen LogP contribution in [0.1, 0.15) is 30.6 Å². The molecule has 2 aliphatic heterocycles. The first-order valence-corrected chi connectivity index (χ1v) is 13.5.